The zero-order valence-electron chi connectivity index (χ0n) is 16.6. The third-order valence-electron chi connectivity index (χ3n) is 5.33. The third-order valence-corrected chi connectivity index (χ3v) is 5.33. The highest BCUT2D eigenvalue weighted by Gasteiger charge is 2.37. The highest BCUT2D eigenvalue weighted by Crippen LogP contribution is 2.39. The fourth-order valence-corrected chi connectivity index (χ4v) is 3.67. The van der Waals surface area contributed by atoms with E-state index < -0.39 is 41.3 Å². The zero-order chi connectivity index (χ0) is 23.9. The van der Waals surface area contributed by atoms with Gasteiger partial charge in [0.05, 0.1) is 16.7 Å². The Kier molecular flexibility index (Phi) is 6.43. The van der Waals surface area contributed by atoms with E-state index in [9.17, 15) is 39.5 Å². The summed E-state index contributed by atoms with van der Waals surface area (Å²) in [4.78, 5) is 0. The first kappa shape index (κ1) is 24.2. The van der Waals surface area contributed by atoms with Gasteiger partial charge in [-0.2, -0.15) is 39.5 Å². The van der Waals surface area contributed by atoms with Gasteiger partial charge in [0.1, 0.15) is 0 Å². The van der Waals surface area contributed by atoms with Crippen LogP contribution < -0.4 is 10.6 Å². The first-order chi connectivity index (χ1) is 14.7. The topological polar surface area (TPSA) is 24.1 Å². The van der Waals surface area contributed by atoms with Crippen LogP contribution in [0.1, 0.15) is 53.6 Å². The van der Waals surface area contributed by atoms with Crippen LogP contribution >= 0.6 is 0 Å². The van der Waals surface area contributed by atoms with Crippen LogP contribution in [-0.4, -0.2) is 6.04 Å². The highest BCUT2D eigenvalue weighted by atomic mass is 19.4. The van der Waals surface area contributed by atoms with Crippen LogP contribution in [0, 0.1) is 0 Å². The minimum absolute atomic E-state index is 0.0338. The van der Waals surface area contributed by atoms with Gasteiger partial charge in [-0.25, -0.2) is 0 Å². The molecule has 1 aliphatic rings. The molecule has 0 saturated heterocycles. The number of halogens is 9. The van der Waals surface area contributed by atoms with Gasteiger partial charge in [0.15, 0.2) is 0 Å². The van der Waals surface area contributed by atoms with E-state index in [0.717, 1.165) is 12.1 Å². The molecule has 2 aromatic carbocycles. The highest BCUT2D eigenvalue weighted by molar-refractivity contribution is 5.57. The quantitative estimate of drug-likeness (QED) is 0.463. The first-order valence-electron chi connectivity index (χ1n) is 9.68. The average molecular weight is 470 g/mol. The molecule has 0 aliphatic carbocycles. The van der Waals surface area contributed by atoms with Crippen molar-refractivity contribution in [2.45, 2.75) is 56.9 Å². The van der Waals surface area contributed by atoms with Crippen LogP contribution in [0.2, 0.25) is 0 Å². The van der Waals surface area contributed by atoms with Crippen LogP contribution in [0.5, 0.6) is 0 Å². The van der Waals surface area contributed by atoms with Crippen LogP contribution in [0.15, 0.2) is 36.4 Å². The Hall–Kier alpha value is -2.43. The van der Waals surface area contributed by atoms with Gasteiger partial charge in [0, 0.05) is 24.3 Å². The summed E-state index contributed by atoms with van der Waals surface area (Å²) in [6.07, 6.45) is -13.6. The van der Waals surface area contributed by atoms with Crippen LogP contribution in [0.4, 0.5) is 45.2 Å². The largest absolute Gasteiger partial charge is 0.416 e. The monoisotopic (exact) mass is 470 g/mol. The lowest BCUT2D eigenvalue weighted by atomic mass is 9.90. The van der Waals surface area contributed by atoms with E-state index in [0.29, 0.717) is 30.7 Å². The second kappa shape index (κ2) is 8.49. The maximum atomic E-state index is 13.1. The van der Waals surface area contributed by atoms with Crippen molar-refractivity contribution in [3.05, 3.63) is 64.2 Å². The zero-order valence-corrected chi connectivity index (χ0v) is 16.6. The van der Waals surface area contributed by atoms with E-state index in [1.54, 1.807) is 0 Å². The minimum Gasteiger partial charge on any atom is -0.382 e. The number of hydrogen-bond donors (Lipinski definition) is 2. The molecule has 0 spiro atoms. The predicted octanol–water partition coefficient (Wildman–Crippen LogP) is 7.17. The van der Waals surface area contributed by atoms with E-state index in [1.165, 1.54) is 6.07 Å². The van der Waals surface area contributed by atoms with Gasteiger partial charge in [0.2, 0.25) is 0 Å². The number of rotatable bonds is 4. The molecule has 0 radical (unpaired) electrons. The second-order valence-corrected chi connectivity index (χ2v) is 7.63. The number of benzene rings is 2. The third kappa shape index (κ3) is 5.48. The minimum atomic E-state index is -4.98. The molecular formula is C21H19F9N2. The smallest absolute Gasteiger partial charge is 0.382 e. The SMILES string of the molecule is CC[C@@H]1C[C@H](NCc2cc(C(F)(F)F)cc(C(F)(F)F)c2)c2cc(C(F)(F)F)ccc2N1. The van der Waals surface area contributed by atoms with Gasteiger partial charge in [-0.3, -0.25) is 0 Å². The molecule has 32 heavy (non-hydrogen) atoms. The fraction of sp³-hybridized carbons (Fsp3) is 0.429. The Morgan fingerprint density at radius 3 is 1.88 bits per heavy atom. The number of fused-ring (bicyclic) bond motifs is 1. The molecular weight excluding hydrogens is 451 g/mol. The predicted molar refractivity (Wildman–Crippen MR) is 99.8 cm³/mol. The molecule has 2 atom stereocenters. The Morgan fingerprint density at radius 1 is 0.812 bits per heavy atom. The summed E-state index contributed by atoms with van der Waals surface area (Å²) < 4.78 is 118. The van der Waals surface area contributed by atoms with Gasteiger partial charge in [-0.05, 0) is 60.4 Å². The number of anilines is 1. The molecule has 1 heterocycles. The Labute approximate surface area is 177 Å². The molecule has 2 aromatic rings. The summed E-state index contributed by atoms with van der Waals surface area (Å²) in [7, 11) is 0. The molecule has 0 fully saturated rings. The maximum Gasteiger partial charge on any atom is 0.416 e. The Bertz CT molecular complexity index is 929. The number of alkyl halides is 9. The van der Waals surface area contributed by atoms with Gasteiger partial charge >= 0.3 is 18.5 Å². The Morgan fingerprint density at radius 2 is 1.38 bits per heavy atom. The summed E-state index contributed by atoms with van der Waals surface area (Å²) in [5.41, 5.74) is -3.35. The standard InChI is InChI=1S/C21H19F9N2/c1-2-15-9-18(16-8-12(19(22,23)24)3-4-17(16)32-15)31-10-11-5-13(20(25,26)27)7-14(6-11)21(28,29)30/h3-8,15,18,31-32H,2,9-10H2,1H3/t15-,18+/m1/s1. The molecule has 2 N–H and O–H groups in total. The molecule has 11 heteroatoms. The van der Waals surface area contributed by atoms with Crippen molar-refractivity contribution in [2.75, 3.05) is 5.32 Å². The molecule has 176 valence electrons. The van der Waals surface area contributed by atoms with Crippen molar-refractivity contribution in [1.29, 1.82) is 0 Å². The molecule has 1 aliphatic heterocycles. The van der Waals surface area contributed by atoms with E-state index in [4.69, 9.17) is 0 Å². The molecule has 3 rings (SSSR count). The Balaban J connectivity index is 1.93. The van der Waals surface area contributed by atoms with Gasteiger partial charge in [-0.15, -0.1) is 0 Å². The van der Waals surface area contributed by atoms with Crippen molar-refractivity contribution in [2.24, 2.45) is 0 Å². The van der Waals surface area contributed by atoms with Crippen LogP contribution in [-0.2, 0) is 25.1 Å². The van der Waals surface area contributed by atoms with Crippen molar-refractivity contribution in [1.82, 2.24) is 5.32 Å². The second-order valence-electron chi connectivity index (χ2n) is 7.63. The lowest BCUT2D eigenvalue weighted by Gasteiger charge is -2.34. The maximum absolute atomic E-state index is 13.1. The van der Waals surface area contributed by atoms with Crippen molar-refractivity contribution < 1.29 is 39.5 Å². The van der Waals surface area contributed by atoms with E-state index in [-0.39, 0.29) is 29.8 Å². The first-order valence-corrected chi connectivity index (χ1v) is 9.68. The number of hydrogen-bond acceptors (Lipinski definition) is 2. The van der Waals surface area contributed by atoms with Crippen LogP contribution in [0.25, 0.3) is 0 Å². The summed E-state index contributed by atoms with van der Waals surface area (Å²) in [5, 5.41) is 5.96. The van der Waals surface area contributed by atoms with Crippen LogP contribution in [0.3, 0.4) is 0 Å². The molecule has 0 aromatic heterocycles. The number of nitrogens with one attached hydrogen (secondary N) is 2. The van der Waals surface area contributed by atoms with Gasteiger partial charge < -0.3 is 10.6 Å². The summed E-state index contributed by atoms with van der Waals surface area (Å²) in [6.45, 7) is 1.47. The molecule has 0 saturated carbocycles. The van der Waals surface area contributed by atoms with E-state index >= 15 is 0 Å². The summed E-state index contributed by atoms with van der Waals surface area (Å²) >= 11 is 0. The normalized spacial score (nSPS) is 19.4. The average Bonchev–Trinajstić information content (AvgIpc) is 2.69. The van der Waals surface area contributed by atoms with E-state index in [2.05, 4.69) is 10.6 Å². The lowest BCUT2D eigenvalue weighted by molar-refractivity contribution is -0.143. The van der Waals surface area contributed by atoms with E-state index in [1.807, 2.05) is 6.92 Å². The van der Waals surface area contributed by atoms with Crippen molar-refractivity contribution >= 4 is 5.69 Å². The summed E-state index contributed by atoms with van der Waals surface area (Å²) in [6, 6.07) is 3.57. The lowest BCUT2D eigenvalue weighted by Crippen LogP contribution is -2.34. The molecule has 0 bridgehead atoms. The molecule has 0 amide bonds. The summed E-state index contributed by atoms with van der Waals surface area (Å²) in [5.74, 6) is 0. The van der Waals surface area contributed by atoms with Crippen molar-refractivity contribution in [3.63, 3.8) is 0 Å². The molecule has 2 nitrogen and oxygen atoms in total. The van der Waals surface area contributed by atoms with Crippen molar-refractivity contribution in [3.8, 4) is 0 Å². The molecule has 0 unspecified atom stereocenters. The fourth-order valence-electron chi connectivity index (χ4n) is 3.67. The van der Waals surface area contributed by atoms with Gasteiger partial charge in [0.25, 0.3) is 0 Å². The van der Waals surface area contributed by atoms with Gasteiger partial charge in [-0.1, -0.05) is 6.92 Å².